The molecule has 0 radical (unpaired) electrons. The monoisotopic (exact) mass is 294 g/mol. The first-order chi connectivity index (χ1) is 9.47. The molecule has 2 N–H and O–H groups in total. The van der Waals surface area contributed by atoms with Gasteiger partial charge in [-0.1, -0.05) is 17.7 Å². The quantitative estimate of drug-likeness (QED) is 0.912. The second kappa shape index (κ2) is 5.66. The zero-order chi connectivity index (χ0) is 14.7. The Morgan fingerprint density at radius 2 is 1.90 bits per heavy atom. The van der Waals surface area contributed by atoms with Crippen molar-refractivity contribution in [3.8, 4) is 0 Å². The molecule has 2 aromatic rings. The fourth-order valence-corrected chi connectivity index (χ4v) is 1.63. The SMILES string of the molecule is O=C(O)c1cccc(C(=O)Nc2ccc(F)c(Cl)c2)n1. The first-order valence-corrected chi connectivity index (χ1v) is 5.82. The highest BCUT2D eigenvalue weighted by Crippen LogP contribution is 2.19. The molecule has 7 heteroatoms. The molecule has 0 saturated carbocycles. The molecule has 0 atom stereocenters. The van der Waals surface area contributed by atoms with Crippen LogP contribution < -0.4 is 5.32 Å². The maximum absolute atomic E-state index is 13.0. The first-order valence-electron chi connectivity index (χ1n) is 5.44. The third-order valence-electron chi connectivity index (χ3n) is 2.38. The summed E-state index contributed by atoms with van der Waals surface area (Å²) in [4.78, 5) is 26.3. The van der Waals surface area contributed by atoms with E-state index in [2.05, 4.69) is 10.3 Å². The van der Waals surface area contributed by atoms with Gasteiger partial charge in [0.2, 0.25) is 0 Å². The minimum atomic E-state index is -1.23. The van der Waals surface area contributed by atoms with Gasteiger partial charge in [-0.2, -0.15) is 0 Å². The molecule has 0 aliphatic heterocycles. The topological polar surface area (TPSA) is 79.3 Å². The van der Waals surface area contributed by atoms with Gasteiger partial charge in [-0.05, 0) is 30.3 Å². The van der Waals surface area contributed by atoms with Gasteiger partial charge < -0.3 is 10.4 Å². The van der Waals surface area contributed by atoms with Crippen LogP contribution in [0.1, 0.15) is 21.0 Å². The number of nitrogens with one attached hydrogen (secondary N) is 1. The Balaban J connectivity index is 2.21. The van der Waals surface area contributed by atoms with E-state index in [0.717, 1.165) is 6.07 Å². The number of amides is 1. The number of carboxylic acids is 1. The molecule has 102 valence electrons. The molecule has 0 fully saturated rings. The van der Waals surface area contributed by atoms with E-state index in [9.17, 15) is 14.0 Å². The van der Waals surface area contributed by atoms with Crippen LogP contribution >= 0.6 is 11.6 Å². The number of carbonyl (C=O) groups excluding carboxylic acids is 1. The number of aromatic carboxylic acids is 1. The zero-order valence-electron chi connectivity index (χ0n) is 9.93. The lowest BCUT2D eigenvalue weighted by molar-refractivity contribution is 0.0690. The summed E-state index contributed by atoms with van der Waals surface area (Å²) in [6.07, 6.45) is 0. The predicted octanol–water partition coefficient (Wildman–Crippen LogP) is 2.82. The lowest BCUT2D eigenvalue weighted by atomic mass is 10.2. The molecule has 0 bridgehead atoms. The Bertz CT molecular complexity index is 691. The maximum atomic E-state index is 13.0. The van der Waals surface area contributed by atoms with E-state index in [4.69, 9.17) is 16.7 Å². The number of pyridine rings is 1. The van der Waals surface area contributed by atoms with Crippen molar-refractivity contribution >= 4 is 29.2 Å². The minimum absolute atomic E-state index is 0.0645. The van der Waals surface area contributed by atoms with Gasteiger partial charge in [0, 0.05) is 5.69 Å². The predicted molar refractivity (Wildman–Crippen MR) is 70.6 cm³/mol. The Labute approximate surface area is 118 Å². The van der Waals surface area contributed by atoms with Crippen LogP contribution in [-0.2, 0) is 0 Å². The number of nitrogens with zero attached hydrogens (tertiary/aromatic N) is 1. The van der Waals surface area contributed by atoms with Crippen molar-refractivity contribution in [2.75, 3.05) is 5.32 Å². The molecule has 0 spiro atoms. The van der Waals surface area contributed by atoms with E-state index in [1.54, 1.807) is 0 Å². The fourth-order valence-electron chi connectivity index (χ4n) is 1.45. The second-order valence-corrected chi connectivity index (χ2v) is 4.20. The minimum Gasteiger partial charge on any atom is -0.477 e. The zero-order valence-corrected chi connectivity index (χ0v) is 10.7. The van der Waals surface area contributed by atoms with Gasteiger partial charge in [-0.25, -0.2) is 14.2 Å². The van der Waals surface area contributed by atoms with Crippen LogP contribution in [0.4, 0.5) is 10.1 Å². The van der Waals surface area contributed by atoms with Crippen LogP contribution in [0.3, 0.4) is 0 Å². The number of aromatic nitrogens is 1. The number of halogens is 2. The highest BCUT2D eigenvalue weighted by atomic mass is 35.5. The fraction of sp³-hybridized carbons (Fsp3) is 0. The van der Waals surface area contributed by atoms with Gasteiger partial charge in [0.15, 0.2) is 0 Å². The smallest absolute Gasteiger partial charge is 0.354 e. The third-order valence-corrected chi connectivity index (χ3v) is 2.67. The van der Waals surface area contributed by atoms with Gasteiger partial charge in [-0.3, -0.25) is 4.79 Å². The van der Waals surface area contributed by atoms with Crippen LogP contribution in [0, 0.1) is 5.82 Å². The maximum Gasteiger partial charge on any atom is 0.354 e. The van der Waals surface area contributed by atoms with Gasteiger partial charge in [0.05, 0.1) is 5.02 Å². The molecular weight excluding hydrogens is 287 g/mol. The van der Waals surface area contributed by atoms with Gasteiger partial charge >= 0.3 is 5.97 Å². The molecule has 1 aromatic heterocycles. The molecule has 20 heavy (non-hydrogen) atoms. The number of anilines is 1. The van der Waals surface area contributed by atoms with Crippen molar-refractivity contribution in [2.24, 2.45) is 0 Å². The lowest BCUT2D eigenvalue weighted by Crippen LogP contribution is -2.15. The molecule has 0 aliphatic carbocycles. The molecular formula is C13H8ClFN2O3. The van der Waals surface area contributed by atoms with Gasteiger partial charge in [0.25, 0.3) is 5.91 Å². The van der Waals surface area contributed by atoms with Crippen molar-refractivity contribution in [1.82, 2.24) is 4.98 Å². The Morgan fingerprint density at radius 3 is 2.55 bits per heavy atom. The number of hydrogen-bond donors (Lipinski definition) is 2. The summed E-state index contributed by atoms with van der Waals surface area (Å²) in [5, 5.41) is 11.1. The average Bonchev–Trinajstić information content (AvgIpc) is 2.43. The number of carboxylic acid groups (broad SMARTS) is 1. The van der Waals surface area contributed by atoms with Crippen LogP contribution in [0.5, 0.6) is 0 Å². The molecule has 1 aromatic carbocycles. The molecule has 0 saturated heterocycles. The van der Waals surface area contributed by atoms with Crippen LogP contribution in [0.2, 0.25) is 5.02 Å². The van der Waals surface area contributed by atoms with E-state index in [-0.39, 0.29) is 22.1 Å². The molecule has 0 unspecified atom stereocenters. The summed E-state index contributed by atoms with van der Waals surface area (Å²) in [6, 6.07) is 7.73. The number of hydrogen-bond acceptors (Lipinski definition) is 3. The summed E-state index contributed by atoms with van der Waals surface area (Å²) in [5.41, 5.74) is -0.0240. The Hall–Kier alpha value is -2.47. The highest BCUT2D eigenvalue weighted by Gasteiger charge is 2.12. The van der Waals surface area contributed by atoms with Crippen LogP contribution in [0.25, 0.3) is 0 Å². The summed E-state index contributed by atoms with van der Waals surface area (Å²) < 4.78 is 13.0. The lowest BCUT2D eigenvalue weighted by Gasteiger charge is -2.06. The molecule has 2 rings (SSSR count). The average molecular weight is 295 g/mol. The van der Waals surface area contributed by atoms with Crippen molar-refractivity contribution in [3.63, 3.8) is 0 Å². The summed E-state index contributed by atoms with van der Waals surface area (Å²) >= 11 is 5.59. The normalized spacial score (nSPS) is 10.1. The molecule has 1 heterocycles. The Morgan fingerprint density at radius 1 is 1.20 bits per heavy atom. The number of carbonyl (C=O) groups is 2. The second-order valence-electron chi connectivity index (χ2n) is 3.80. The van der Waals surface area contributed by atoms with E-state index in [1.165, 1.54) is 30.3 Å². The van der Waals surface area contributed by atoms with Crippen LogP contribution in [-0.4, -0.2) is 22.0 Å². The summed E-state index contributed by atoms with van der Waals surface area (Å²) in [7, 11) is 0. The van der Waals surface area contributed by atoms with Gasteiger partial charge in [-0.15, -0.1) is 0 Å². The van der Waals surface area contributed by atoms with Crippen molar-refractivity contribution in [1.29, 1.82) is 0 Å². The third kappa shape index (κ3) is 3.10. The molecule has 5 nitrogen and oxygen atoms in total. The number of benzene rings is 1. The summed E-state index contributed by atoms with van der Waals surface area (Å²) in [5.74, 6) is -2.45. The highest BCUT2D eigenvalue weighted by molar-refractivity contribution is 6.31. The van der Waals surface area contributed by atoms with Crippen molar-refractivity contribution in [3.05, 3.63) is 58.6 Å². The van der Waals surface area contributed by atoms with E-state index in [1.807, 2.05) is 0 Å². The molecule has 1 amide bonds. The molecule has 0 aliphatic rings. The number of rotatable bonds is 3. The van der Waals surface area contributed by atoms with E-state index in [0.29, 0.717) is 0 Å². The Kier molecular flexibility index (Phi) is 3.95. The van der Waals surface area contributed by atoms with Crippen molar-refractivity contribution in [2.45, 2.75) is 0 Å². The van der Waals surface area contributed by atoms with Gasteiger partial charge in [0.1, 0.15) is 17.2 Å². The van der Waals surface area contributed by atoms with E-state index >= 15 is 0 Å². The first kappa shape index (κ1) is 14.0. The largest absolute Gasteiger partial charge is 0.477 e. The van der Waals surface area contributed by atoms with Crippen molar-refractivity contribution < 1.29 is 19.1 Å². The van der Waals surface area contributed by atoms with E-state index < -0.39 is 17.7 Å². The summed E-state index contributed by atoms with van der Waals surface area (Å²) in [6.45, 7) is 0. The van der Waals surface area contributed by atoms with Crippen LogP contribution in [0.15, 0.2) is 36.4 Å². The standard InChI is InChI=1S/C13H8ClFN2O3/c14-8-6-7(4-5-9(8)15)16-12(18)10-2-1-3-11(17-10)13(19)20/h1-6H,(H,16,18)(H,19,20).